The van der Waals surface area contributed by atoms with Crippen molar-refractivity contribution in [1.29, 1.82) is 5.26 Å². The molecule has 13 nitrogen and oxygen atoms in total. The Hall–Kier alpha value is -5.57. The first-order chi connectivity index (χ1) is 29.2. The average molecular weight is 851 g/mol. The molecule has 0 saturated carbocycles. The summed E-state index contributed by atoms with van der Waals surface area (Å²) in [6.07, 6.45) is -1.15. The lowest BCUT2D eigenvalue weighted by atomic mass is 9.90. The number of rotatable bonds is 5. The van der Waals surface area contributed by atoms with Gasteiger partial charge in [-0.1, -0.05) is 6.07 Å². The largest absolute Gasteiger partial charge is 0.461 e. The third kappa shape index (κ3) is 7.81. The van der Waals surface area contributed by atoms with Crippen molar-refractivity contribution in [2.45, 2.75) is 93.8 Å². The number of likely N-dealkylation sites (tertiary alicyclic amines) is 1. The van der Waals surface area contributed by atoms with E-state index in [1.807, 2.05) is 6.07 Å². The highest BCUT2D eigenvalue weighted by atomic mass is 19.2. The van der Waals surface area contributed by atoms with Gasteiger partial charge in [-0.05, 0) is 73.7 Å². The first-order valence-electron chi connectivity index (χ1n) is 20.7. The fourth-order valence-corrected chi connectivity index (χ4v) is 10.0. The number of aryl methyl sites for hydroxylation is 1. The molecule has 6 bridgehead atoms. The molecule has 6 aliphatic heterocycles. The van der Waals surface area contributed by atoms with E-state index >= 15 is 17.6 Å². The minimum atomic E-state index is -1.71. The second-order valence-electron chi connectivity index (χ2n) is 17.4. The molecule has 4 atom stereocenters. The zero-order valence-corrected chi connectivity index (χ0v) is 33.6. The van der Waals surface area contributed by atoms with Crippen LogP contribution >= 0.6 is 0 Å². The average Bonchev–Trinajstić information content (AvgIpc) is 3.74. The van der Waals surface area contributed by atoms with Gasteiger partial charge in [0.2, 0.25) is 0 Å². The fourth-order valence-electron chi connectivity index (χ4n) is 10.0. The predicted molar refractivity (Wildman–Crippen MR) is 215 cm³/mol. The van der Waals surface area contributed by atoms with Gasteiger partial charge < -0.3 is 29.3 Å². The smallest absolute Gasteiger partial charge is 0.415 e. The number of fused-ring (bicyclic) bond motifs is 7. The quantitative estimate of drug-likeness (QED) is 0.199. The van der Waals surface area contributed by atoms with E-state index in [-0.39, 0.29) is 143 Å². The minimum Gasteiger partial charge on any atom is -0.461 e. The van der Waals surface area contributed by atoms with Crippen molar-refractivity contribution >= 4 is 39.7 Å². The maximum absolute atomic E-state index is 17.6. The second-order valence-corrected chi connectivity index (χ2v) is 17.4. The monoisotopic (exact) mass is 850 g/mol. The van der Waals surface area contributed by atoms with Gasteiger partial charge in [-0.3, -0.25) is 9.88 Å². The van der Waals surface area contributed by atoms with Gasteiger partial charge in [-0.2, -0.15) is 15.2 Å². The number of ether oxygens (including phenoxy) is 3. The van der Waals surface area contributed by atoms with Gasteiger partial charge in [0.05, 0.1) is 42.1 Å². The molecule has 4 aromatic rings. The van der Waals surface area contributed by atoms with E-state index in [4.69, 9.17) is 19.5 Å². The molecule has 4 fully saturated rings. The first kappa shape index (κ1) is 40.8. The molecular weight excluding hydrogens is 804 g/mol. The van der Waals surface area contributed by atoms with Crippen LogP contribution in [0.15, 0.2) is 30.5 Å². The summed E-state index contributed by atoms with van der Waals surface area (Å²) in [4.78, 5) is 45.4. The van der Waals surface area contributed by atoms with Crippen LogP contribution < -0.4 is 19.7 Å². The Morgan fingerprint density at radius 1 is 1.08 bits per heavy atom. The molecule has 18 heteroatoms. The summed E-state index contributed by atoms with van der Waals surface area (Å²) in [5.41, 5.74) is -3.75. The number of hydrogen-bond donors (Lipinski definition) is 1. The van der Waals surface area contributed by atoms with Crippen molar-refractivity contribution in [3.63, 3.8) is 0 Å². The number of carbonyl (C=O) groups excluding carboxylic acids is 2. The van der Waals surface area contributed by atoms with Gasteiger partial charge >= 0.3 is 18.2 Å². The summed E-state index contributed by atoms with van der Waals surface area (Å²) in [7, 11) is 0. The van der Waals surface area contributed by atoms with Gasteiger partial charge in [-0.25, -0.2) is 31.5 Å². The van der Waals surface area contributed by atoms with Crippen molar-refractivity contribution in [2.75, 3.05) is 57.4 Å². The summed E-state index contributed by atoms with van der Waals surface area (Å²) in [5.74, 6) is -1.49. The topological polar surface area (TPSA) is 146 Å². The van der Waals surface area contributed by atoms with Crippen LogP contribution in [0, 0.1) is 23.0 Å². The van der Waals surface area contributed by atoms with E-state index < -0.39 is 52.9 Å². The molecule has 8 heterocycles. The first-order valence-corrected chi connectivity index (χ1v) is 20.7. The van der Waals surface area contributed by atoms with Crippen molar-refractivity contribution < 1.29 is 47.2 Å². The van der Waals surface area contributed by atoms with Crippen molar-refractivity contribution in [3.8, 4) is 29.1 Å². The number of benzene rings is 2. The van der Waals surface area contributed by atoms with E-state index in [1.165, 1.54) is 35.4 Å². The zero-order chi connectivity index (χ0) is 42.7. The van der Waals surface area contributed by atoms with E-state index in [2.05, 4.69) is 25.2 Å². The fraction of sp³-hybridized carbons (Fsp3) is 0.535. The molecule has 324 valence electrons. The van der Waals surface area contributed by atoms with Crippen LogP contribution in [-0.4, -0.2) is 119 Å². The number of hydrogen-bond acceptors (Lipinski definition) is 11. The van der Waals surface area contributed by atoms with Crippen LogP contribution in [0.1, 0.15) is 65.3 Å². The predicted octanol–water partition coefficient (Wildman–Crippen LogP) is 7.52. The van der Waals surface area contributed by atoms with Crippen LogP contribution in [0.4, 0.5) is 37.4 Å². The van der Waals surface area contributed by atoms with Gasteiger partial charge in [0.25, 0.3) is 0 Å². The number of nitriles is 1. The molecule has 0 aliphatic carbocycles. The summed E-state index contributed by atoms with van der Waals surface area (Å²) in [6, 6.07) is 7.21. The molecule has 2 amide bonds. The Morgan fingerprint density at radius 3 is 2.69 bits per heavy atom. The van der Waals surface area contributed by atoms with Crippen molar-refractivity contribution in [1.82, 2.24) is 30.1 Å². The molecule has 6 aliphatic rings. The van der Waals surface area contributed by atoms with Gasteiger partial charge in [-0.15, -0.1) is 0 Å². The third-order valence-electron chi connectivity index (χ3n) is 12.9. The summed E-state index contributed by atoms with van der Waals surface area (Å²) < 4.78 is 96.5. The highest BCUT2D eigenvalue weighted by molar-refractivity contribution is 6.02. The van der Waals surface area contributed by atoms with E-state index in [0.717, 1.165) is 6.42 Å². The number of amides is 2. The number of carbonyl (C=O) groups is 2. The number of pyridine rings is 1. The molecule has 0 radical (unpaired) electrons. The Labute approximate surface area is 349 Å². The molecule has 4 saturated heterocycles. The number of anilines is 1. The number of aromatic nitrogens is 3. The van der Waals surface area contributed by atoms with Crippen LogP contribution in [0.25, 0.3) is 32.9 Å². The molecule has 2 aromatic carbocycles. The Bertz CT molecular complexity index is 2460. The molecule has 2 aromatic heterocycles. The summed E-state index contributed by atoms with van der Waals surface area (Å²) in [5, 5.41) is 12.6. The van der Waals surface area contributed by atoms with Gasteiger partial charge in [0, 0.05) is 65.0 Å². The number of piperidine rings is 2. The molecule has 0 spiro atoms. The van der Waals surface area contributed by atoms with E-state index in [1.54, 1.807) is 11.8 Å². The highest BCUT2D eigenvalue weighted by Gasteiger charge is 2.49. The van der Waals surface area contributed by atoms with Crippen molar-refractivity contribution in [2.24, 2.45) is 0 Å². The Morgan fingerprint density at radius 2 is 1.89 bits per heavy atom. The lowest BCUT2D eigenvalue weighted by Crippen LogP contribution is -2.60. The number of alkyl halides is 3. The normalized spacial score (nSPS) is 26.5. The Balaban J connectivity index is 0.00000529. The molecule has 0 unspecified atom stereocenters. The van der Waals surface area contributed by atoms with Crippen molar-refractivity contribution in [3.05, 3.63) is 47.7 Å². The van der Waals surface area contributed by atoms with Gasteiger partial charge in [0.15, 0.2) is 5.82 Å². The van der Waals surface area contributed by atoms with Crippen LogP contribution in [-0.2, 0) is 11.2 Å². The highest BCUT2D eigenvalue weighted by Crippen LogP contribution is 2.43. The van der Waals surface area contributed by atoms with E-state index in [0.29, 0.717) is 18.4 Å². The third-order valence-corrected chi connectivity index (χ3v) is 12.9. The van der Waals surface area contributed by atoms with Crippen LogP contribution in [0.3, 0.4) is 0 Å². The van der Waals surface area contributed by atoms with Crippen LogP contribution in [0.2, 0.25) is 0 Å². The number of halogens is 5. The number of alkyl carbamates (subject to hydrolysis) is 1. The lowest BCUT2D eigenvalue weighted by molar-refractivity contribution is 0.0629. The number of nitrogens with one attached hydrogen (secondary N) is 1. The van der Waals surface area contributed by atoms with Crippen LogP contribution in [0.5, 0.6) is 11.8 Å². The molecule has 10 rings (SSSR count). The van der Waals surface area contributed by atoms with Gasteiger partial charge in [0.1, 0.15) is 53.2 Å². The minimum absolute atomic E-state index is 0. The second kappa shape index (κ2) is 15.7. The SMILES string of the molecule is C[C@@]12C[C@@H](F)CN(C1)c1nc(OC[C@@]34CCCN3C[C@H](F)C4)nc3c(F)c(ncc13)-c1cc(OC(=O)N3CCC(F)(CC#N)CC3)cc3ccc(F)c(c13)CCCOC(=O)N2.[HH]. The molecular formula is C43H47F5N8O5. The summed E-state index contributed by atoms with van der Waals surface area (Å²) in [6.45, 7) is 2.46. The Kier molecular flexibility index (Phi) is 10.5. The van der Waals surface area contributed by atoms with E-state index in [9.17, 15) is 14.0 Å². The maximum atomic E-state index is 17.6. The molecule has 1 N–H and O–H groups in total. The zero-order valence-electron chi connectivity index (χ0n) is 33.6. The maximum Gasteiger partial charge on any atom is 0.415 e. The molecule has 61 heavy (non-hydrogen) atoms. The number of nitrogens with zero attached hydrogens (tertiary/aromatic N) is 7. The summed E-state index contributed by atoms with van der Waals surface area (Å²) >= 11 is 0. The lowest BCUT2D eigenvalue weighted by Gasteiger charge is -2.42. The standard InChI is InChI=1S/C43H45F5N8O5.H2/c1-41-18-26(44)21-55(23-41)37-31-20-50-35(34(47)36(31)51-38(52-37)60-24-43-7-3-12-56(43)22-27(45)19-43)30-17-28(61-40(58)54-13-9-42(48,8-11-49)10-14-54)16-25-5-6-32(46)29(33(25)30)4-2-15-59-39(57)53-41;/h5-6,16-17,20,26-27H,2-4,7-10,12-15,18-19,21-24H2,1H3,(H,53,57);1H/t26-,27-,41-,43+;/m1./s1.